The Morgan fingerprint density at radius 1 is 1.21 bits per heavy atom. The lowest BCUT2D eigenvalue weighted by atomic mass is 10.1. The van der Waals surface area contributed by atoms with Crippen molar-refractivity contribution in [2.75, 3.05) is 6.61 Å². The van der Waals surface area contributed by atoms with E-state index in [-0.39, 0.29) is 17.3 Å². The number of hydrogen-bond acceptors (Lipinski definition) is 5. The van der Waals surface area contributed by atoms with Gasteiger partial charge in [-0.15, -0.1) is 0 Å². The Balaban J connectivity index is 2.34. The van der Waals surface area contributed by atoms with Gasteiger partial charge in [0, 0.05) is 0 Å². The summed E-state index contributed by atoms with van der Waals surface area (Å²) < 4.78 is 30.6. The fourth-order valence-electron chi connectivity index (χ4n) is 2.91. The van der Waals surface area contributed by atoms with Gasteiger partial charge < -0.3 is 9.84 Å². The molecule has 0 saturated carbocycles. The van der Waals surface area contributed by atoms with Crippen molar-refractivity contribution in [3.05, 3.63) is 29.8 Å². The van der Waals surface area contributed by atoms with Crippen LogP contribution >= 0.6 is 0 Å². The first kappa shape index (κ1) is 18.5. The molecule has 1 heterocycles. The van der Waals surface area contributed by atoms with E-state index in [2.05, 4.69) is 0 Å². The molecule has 6 heteroatoms. The lowest BCUT2D eigenvalue weighted by molar-refractivity contribution is -0.133. The Kier molecular flexibility index (Phi) is 6.04. The first-order valence-electron chi connectivity index (χ1n) is 8.36. The summed E-state index contributed by atoms with van der Waals surface area (Å²) in [5, 5.41) is 9.77. The van der Waals surface area contributed by atoms with Crippen molar-refractivity contribution < 1.29 is 23.1 Å². The highest BCUT2D eigenvalue weighted by atomic mass is 32.2. The van der Waals surface area contributed by atoms with Gasteiger partial charge in [-0.05, 0) is 36.6 Å². The van der Waals surface area contributed by atoms with Crippen molar-refractivity contribution in [1.29, 1.82) is 0 Å². The number of carbonyl (C=O) groups excluding carboxylic acids is 1. The third-order valence-corrected chi connectivity index (χ3v) is 6.53. The number of unbranched alkanes of at least 4 members (excludes halogenated alkanes) is 1. The molecule has 0 bridgehead atoms. The Morgan fingerprint density at radius 3 is 2.50 bits per heavy atom. The highest BCUT2D eigenvalue weighted by Gasteiger charge is 2.29. The number of aromatic hydroxyl groups is 1. The van der Waals surface area contributed by atoms with Crippen LogP contribution in [0.25, 0.3) is 5.57 Å². The van der Waals surface area contributed by atoms with E-state index in [0.717, 1.165) is 19.3 Å². The SMILES string of the molecule is CCCCC(CCC)S(=O)(=O)c1ccc(C2=CCOC2=O)cc1O. The molecule has 1 aromatic rings. The number of rotatable bonds is 8. The molecule has 0 amide bonds. The molecule has 0 aliphatic carbocycles. The summed E-state index contributed by atoms with van der Waals surface area (Å²) in [6.45, 7) is 4.18. The molecule has 2 rings (SSSR count). The van der Waals surface area contributed by atoms with Crippen molar-refractivity contribution in [3.8, 4) is 5.75 Å². The third-order valence-electron chi connectivity index (χ3n) is 4.23. The van der Waals surface area contributed by atoms with E-state index in [4.69, 9.17) is 4.74 Å². The lowest BCUT2D eigenvalue weighted by Gasteiger charge is -2.18. The number of esters is 1. The lowest BCUT2D eigenvalue weighted by Crippen LogP contribution is -2.21. The summed E-state index contributed by atoms with van der Waals surface area (Å²) in [4.78, 5) is 11.5. The molecule has 1 unspecified atom stereocenters. The molecule has 0 fully saturated rings. The third kappa shape index (κ3) is 3.80. The largest absolute Gasteiger partial charge is 0.507 e. The second-order valence-corrected chi connectivity index (χ2v) is 8.19. The van der Waals surface area contributed by atoms with Gasteiger partial charge in [0.15, 0.2) is 9.84 Å². The zero-order chi connectivity index (χ0) is 17.7. The number of phenols is 1. The predicted octanol–water partition coefficient (Wildman–Crippen LogP) is 3.47. The van der Waals surface area contributed by atoms with Crippen LogP contribution in [-0.4, -0.2) is 31.4 Å². The molecule has 132 valence electrons. The predicted molar refractivity (Wildman–Crippen MR) is 92.4 cm³/mol. The van der Waals surface area contributed by atoms with E-state index in [9.17, 15) is 18.3 Å². The van der Waals surface area contributed by atoms with Gasteiger partial charge in [0.25, 0.3) is 0 Å². The number of carbonyl (C=O) groups is 1. The average Bonchev–Trinajstić information content (AvgIpc) is 2.97. The highest BCUT2D eigenvalue weighted by Crippen LogP contribution is 2.33. The van der Waals surface area contributed by atoms with Crippen molar-refractivity contribution in [1.82, 2.24) is 0 Å². The maximum absolute atomic E-state index is 12.9. The number of sulfone groups is 1. The van der Waals surface area contributed by atoms with Crippen molar-refractivity contribution in [2.24, 2.45) is 0 Å². The van der Waals surface area contributed by atoms with E-state index in [0.29, 0.717) is 24.0 Å². The van der Waals surface area contributed by atoms with Crippen LogP contribution in [0.3, 0.4) is 0 Å². The molecule has 1 aliphatic heterocycles. The summed E-state index contributed by atoms with van der Waals surface area (Å²) in [5.41, 5.74) is 0.819. The van der Waals surface area contributed by atoms with E-state index in [1.54, 1.807) is 12.1 Å². The molecule has 1 aromatic carbocycles. The Labute approximate surface area is 143 Å². The molecular weight excluding hydrogens is 328 g/mol. The molecule has 5 nitrogen and oxygen atoms in total. The smallest absolute Gasteiger partial charge is 0.338 e. The van der Waals surface area contributed by atoms with Crippen LogP contribution < -0.4 is 0 Å². The van der Waals surface area contributed by atoms with Gasteiger partial charge >= 0.3 is 5.97 Å². The van der Waals surface area contributed by atoms with Gasteiger partial charge in [-0.1, -0.05) is 39.2 Å². The second kappa shape index (κ2) is 7.83. The zero-order valence-corrected chi connectivity index (χ0v) is 14.9. The summed E-state index contributed by atoms with van der Waals surface area (Å²) in [7, 11) is -3.61. The second-order valence-electron chi connectivity index (χ2n) is 6.00. The van der Waals surface area contributed by atoms with Gasteiger partial charge in [-0.3, -0.25) is 0 Å². The number of ether oxygens (including phenoxy) is 1. The molecule has 0 saturated heterocycles. The highest BCUT2D eigenvalue weighted by molar-refractivity contribution is 7.92. The minimum atomic E-state index is -3.61. The monoisotopic (exact) mass is 352 g/mol. The van der Waals surface area contributed by atoms with Gasteiger partial charge in [0.1, 0.15) is 17.3 Å². The number of cyclic esters (lactones) is 1. The standard InChI is InChI=1S/C18H24O5S/c1-3-5-7-14(6-4-2)24(21,22)17-9-8-13(12-16(17)19)15-10-11-23-18(15)20/h8-10,12,14,19H,3-7,11H2,1-2H3. The van der Waals surface area contributed by atoms with E-state index in [1.807, 2.05) is 13.8 Å². The average molecular weight is 352 g/mol. The molecule has 24 heavy (non-hydrogen) atoms. The fourth-order valence-corrected chi connectivity index (χ4v) is 4.90. The number of benzene rings is 1. The van der Waals surface area contributed by atoms with Crippen LogP contribution in [0, 0.1) is 0 Å². The summed E-state index contributed by atoms with van der Waals surface area (Å²) >= 11 is 0. The summed E-state index contributed by atoms with van der Waals surface area (Å²) in [5.74, 6) is -0.775. The zero-order valence-electron chi connectivity index (χ0n) is 14.1. The first-order chi connectivity index (χ1) is 11.4. The Morgan fingerprint density at radius 2 is 1.96 bits per heavy atom. The van der Waals surface area contributed by atoms with Crippen LogP contribution in [0.5, 0.6) is 5.75 Å². The molecular formula is C18H24O5S. The first-order valence-corrected chi connectivity index (χ1v) is 9.91. The molecule has 1 atom stereocenters. The normalized spacial score (nSPS) is 15.9. The van der Waals surface area contributed by atoms with Gasteiger partial charge in [0.05, 0.1) is 10.8 Å². The minimum absolute atomic E-state index is 0.0623. The van der Waals surface area contributed by atoms with Crippen LogP contribution in [0.2, 0.25) is 0 Å². The quantitative estimate of drug-likeness (QED) is 0.725. The van der Waals surface area contributed by atoms with Crippen molar-refractivity contribution >= 4 is 21.4 Å². The molecule has 0 spiro atoms. The van der Waals surface area contributed by atoms with Gasteiger partial charge in [-0.25, -0.2) is 13.2 Å². The molecule has 1 N–H and O–H groups in total. The molecule has 0 aromatic heterocycles. The fraction of sp³-hybridized carbons (Fsp3) is 0.500. The van der Waals surface area contributed by atoms with Gasteiger partial charge in [-0.2, -0.15) is 0 Å². The number of hydrogen-bond donors (Lipinski definition) is 1. The minimum Gasteiger partial charge on any atom is -0.507 e. The van der Waals surface area contributed by atoms with Crippen LogP contribution in [-0.2, 0) is 19.4 Å². The van der Waals surface area contributed by atoms with Gasteiger partial charge in [0.2, 0.25) is 0 Å². The van der Waals surface area contributed by atoms with Crippen molar-refractivity contribution in [3.63, 3.8) is 0 Å². The Bertz CT molecular complexity index is 734. The van der Waals surface area contributed by atoms with Crippen LogP contribution in [0.1, 0.15) is 51.5 Å². The van der Waals surface area contributed by atoms with E-state index in [1.165, 1.54) is 12.1 Å². The maximum Gasteiger partial charge on any atom is 0.338 e. The van der Waals surface area contributed by atoms with Crippen LogP contribution in [0.15, 0.2) is 29.2 Å². The molecule has 1 aliphatic rings. The summed E-state index contributed by atoms with van der Waals surface area (Å²) in [6, 6.07) is 4.27. The Hall–Kier alpha value is -1.82. The van der Waals surface area contributed by atoms with Crippen LogP contribution in [0.4, 0.5) is 0 Å². The van der Waals surface area contributed by atoms with E-state index >= 15 is 0 Å². The summed E-state index contributed by atoms with van der Waals surface area (Å²) in [6.07, 6.45) is 5.31. The number of phenolic OH excluding ortho intramolecular Hbond substituents is 1. The maximum atomic E-state index is 12.9. The van der Waals surface area contributed by atoms with Crippen molar-refractivity contribution in [2.45, 2.75) is 56.1 Å². The topological polar surface area (TPSA) is 80.7 Å². The molecule has 0 radical (unpaired) electrons. The van der Waals surface area contributed by atoms with E-state index < -0.39 is 21.1 Å².